The highest BCUT2D eigenvalue weighted by Crippen LogP contribution is 2.34. The summed E-state index contributed by atoms with van der Waals surface area (Å²) >= 11 is 1.52. The largest absolute Gasteiger partial charge is 0.465 e. The van der Waals surface area contributed by atoms with Crippen molar-refractivity contribution in [2.75, 3.05) is 7.11 Å². The molecule has 0 heterocycles. The lowest BCUT2D eigenvalue weighted by Gasteiger charge is -2.11. The average molecular weight is 355 g/mol. The van der Waals surface area contributed by atoms with E-state index in [1.807, 2.05) is 0 Å². The van der Waals surface area contributed by atoms with Crippen molar-refractivity contribution in [1.29, 1.82) is 5.26 Å². The van der Waals surface area contributed by atoms with E-state index in [1.54, 1.807) is 0 Å². The van der Waals surface area contributed by atoms with Gasteiger partial charge in [0, 0.05) is 3.57 Å². The normalized spacial score (nSPS) is 10.8. The molecule has 0 aliphatic heterocycles. The zero-order valence-electron chi connectivity index (χ0n) is 8.43. The number of hydrogen-bond acceptors (Lipinski definition) is 3. The van der Waals surface area contributed by atoms with E-state index in [-0.39, 0.29) is 9.13 Å². The molecule has 17 heavy (non-hydrogen) atoms. The van der Waals surface area contributed by atoms with Crippen molar-refractivity contribution < 1.29 is 22.7 Å². The molecule has 0 atom stereocenters. The fraction of sp³-hybridized carbons (Fsp3) is 0.200. The van der Waals surface area contributed by atoms with Crippen molar-refractivity contribution >= 4 is 28.6 Å². The summed E-state index contributed by atoms with van der Waals surface area (Å²) in [6, 6.07) is 3.15. The number of carbonyl (C=O) groups is 1. The third-order valence-electron chi connectivity index (χ3n) is 1.96. The summed E-state index contributed by atoms with van der Waals surface area (Å²) < 4.78 is 42.0. The van der Waals surface area contributed by atoms with Gasteiger partial charge >= 0.3 is 12.1 Å². The smallest absolute Gasteiger partial charge is 0.417 e. The van der Waals surface area contributed by atoms with E-state index in [2.05, 4.69) is 4.74 Å². The van der Waals surface area contributed by atoms with Gasteiger partial charge in [0.15, 0.2) is 0 Å². The Balaban J connectivity index is 3.50. The number of alkyl halides is 3. The highest BCUT2D eigenvalue weighted by atomic mass is 127. The fourth-order valence-electron chi connectivity index (χ4n) is 1.19. The molecule has 1 aromatic carbocycles. The number of hydrogen-bond donors (Lipinski definition) is 0. The lowest BCUT2D eigenvalue weighted by atomic mass is 10.0. The van der Waals surface area contributed by atoms with Gasteiger partial charge in [-0.05, 0) is 34.7 Å². The van der Waals surface area contributed by atoms with E-state index in [4.69, 9.17) is 5.26 Å². The van der Waals surface area contributed by atoms with E-state index >= 15 is 0 Å². The van der Waals surface area contributed by atoms with Crippen LogP contribution < -0.4 is 0 Å². The van der Waals surface area contributed by atoms with E-state index in [0.29, 0.717) is 6.07 Å². The Morgan fingerprint density at radius 2 is 2.06 bits per heavy atom. The van der Waals surface area contributed by atoms with Crippen LogP contribution in [0, 0.1) is 14.9 Å². The summed E-state index contributed by atoms with van der Waals surface area (Å²) in [5.41, 5.74) is -1.68. The second-order valence-corrected chi connectivity index (χ2v) is 4.03. The van der Waals surface area contributed by atoms with Crippen molar-refractivity contribution in [3.05, 3.63) is 32.4 Å². The van der Waals surface area contributed by atoms with E-state index < -0.39 is 23.3 Å². The summed E-state index contributed by atoms with van der Waals surface area (Å²) in [4.78, 5) is 11.2. The van der Waals surface area contributed by atoms with Gasteiger partial charge in [0.2, 0.25) is 0 Å². The molecular weight excluding hydrogens is 350 g/mol. The molecule has 0 amide bonds. The predicted molar refractivity (Wildman–Crippen MR) is 60.2 cm³/mol. The molecule has 1 rings (SSSR count). The Bertz CT molecular complexity index is 505. The van der Waals surface area contributed by atoms with Gasteiger partial charge in [-0.15, -0.1) is 0 Å². The highest BCUT2D eigenvalue weighted by molar-refractivity contribution is 14.1. The minimum absolute atomic E-state index is 0.0577. The lowest BCUT2D eigenvalue weighted by Crippen LogP contribution is -2.12. The SMILES string of the molecule is COC(=O)c1ccc(C(F)(F)F)c(C#N)c1I. The molecule has 0 N–H and O–H groups in total. The van der Waals surface area contributed by atoms with Crippen LogP contribution in [0.3, 0.4) is 0 Å². The third kappa shape index (κ3) is 2.69. The van der Waals surface area contributed by atoms with Crippen LogP contribution in [0.2, 0.25) is 0 Å². The van der Waals surface area contributed by atoms with Gasteiger partial charge in [0.1, 0.15) is 6.07 Å². The molecule has 0 aliphatic carbocycles. The molecule has 0 bridgehead atoms. The zero-order valence-corrected chi connectivity index (χ0v) is 10.6. The second-order valence-electron chi connectivity index (χ2n) is 2.95. The van der Waals surface area contributed by atoms with Crippen molar-refractivity contribution in [3.8, 4) is 6.07 Å². The first-order chi connectivity index (χ1) is 7.82. The summed E-state index contributed by atoms with van der Waals surface area (Å²) in [5, 5.41) is 8.73. The van der Waals surface area contributed by atoms with Crippen LogP contribution in [-0.2, 0) is 10.9 Å². The molecule has 0 saturated heterocycles. The average Bonchev–Trinajstić information content (AvgIpc) is 2.26. The first kappa shape index (κ1) is 13.8. The van der Waals surface area contributed by atoms with Gasteiger partial charge in [0.25, 0.3) is 0 Å². The molecule has 3 nitrogen and oxygen atoms in total. The molecule has 0 radical (unpaired) electrons. The number of ether oxygens (including phenoxy) is 1. The zero-order chi connectivity index (χ0) is 13.2. The lowest BCUT2D eigenvalue weighted by molar-refractivity contribution is -0.137. The van der Waals surface area contributed by atoms with E-state index in [1.165, 1.54) is 28.7 Å². The standard InChI is InChI=1S/C10H5F3INO2/c1-17-9(16)5-2-3-7(10(11,12)13)6(4-15)8(5)14/h2-3H,1H3. The van der Waals surface area contributed by atoms with Crippen LogP contribution in [0.4, 0.5) is 13.2 Å². The van der Waals surface area contributed by atoms with Gasteiger partial charge in [-0.25, -0.2) is 4.79 Å². The highest BCUT2D eigenvalue weighted by Gasteiger charge is 2.35. The maximum atomic E-state index is 12.6. The van der Waals surface area contributed by atoms with Crippen molar-refractivity contribution in [3.63, 3.8) is 0 Å². The van der Waals surface area contributed by atoms with Crippen LogP contribution in [0.15, 0.2) is 12.1 Å². The van der Waals surface area contributed by atoms with E-state index in [9.17, 15) is 18.0 Å². The predicted octanol–water partition coefficient (Wildman–Crippen LogP) is 2.97. The fourth-order valence-corrected chi connectivity index (χ4v) is 2.00. The molecular formula is C10H5F3INO2. The number of methoxy groups -OCH3 is 1. The summed E-state index contributed by atoms with van der Waals surface area (Å²) in [6.07, 6.45) is -4.63. The van der Waals surface area contributed by atoms with Crippen LogP contribution in [0.1, 0.15) is 21.5 Å². The number of rotatable bonds is 1. The molecule has 90 valence electrons. The number of halogens is 4. The minimum Gasteiger partial charge on any atom is -0.465 e. The molecule has 1 aromatic rings. The number of esters is 1. The minimum atomic E-state index is -4.63. The second kappa shape index (κ2) is 4.91. The topological polar surface area (TPSA) is 50.1 Å². The summed E-state index contributed by atoms with van der Waals surface area (Å²) in [5.74, 6) is -0.778. The first-order valence-corrected chi connectivity index (χ1v) is 5.29. The Morgan fingerprint density at radius 1 is 1.47 bits per heavy atom. The van der Waals surface area contributed by atoms with Crippen LogP contribution in [-0.4, -0.2) is 13.1 Å². The molecule has 7 heteroatoms. The number of benzene rings is 1. The van der Waals surface area contributed by atoms with Crippen molar-refractivity contribution in [2.45, 2.75) is 6.18 Å². The van der Waals surface area contributed by atoms with Crippen molar-refractivity contribution in [2.24, 2.45) is 0 Å². The van der Waals surface area contributed by atoms with Crippen LogP contribution >= 0.6 is 22.6 Å². The Labute approximate surface area is 108 Å². The third-order valence-corrected chi connectivity index (χ3v) is 3.08. The number of nitrogens with zero attached hydrogens (tertiary/aromatic N) is 1. The number of nitriles is 1. The first-order valence-electron chi connectivity index (χ1n) is 4.21. The molecule has 0 aliphatic rings. The Hall–Kier alpha value is -1.30. The van der Waals surface area contributed by atoms with Crippen LogP contribution in [0.5, 0.6) is 0 Å². The van der Waals surface area contributed by atoms with Gasteiger partial charge in [-0.2, -0.15) is 18.4 Å². The molecule has 0 unspecified atom stereocenters. The number of carbonyl (C=O) groups excluding carboxylic acids is 1. The molecule has 0 saturated carbocycles. The Morgan fingerprint density at radius 3 is 2.47 bits per heavy atom. The summed E-state index contributed by atoms with van der Waals surface area (Å²) in [6.45, 7) is 0. The summed E-state index contributed by atoms with van der Waals surface area (Å²) in [7, 11) is 1.11. The van der Waals surface area contributed by atoms with Gasteiger partial charge in [0.05, 0.1) is 23.8 Å². The maximum Gasteiger partial charge on any atom is 0.417 e. The molecule has 0 spiro atoms. The Kier molecular flexibility index (Phi) is 3.98. The monoisotopic (exact) mass is 355 g/mol. The van der Waals surface area contributed by atoms with Crippen molar-refractivity contribution in [1.82, 2.24) is 0 Å². The molecule has 0 fully saturated rings. The maximum absolute atomic E-state index is 12.6. The molecule has 0 aromatic heterocycles. The van der Waals surface area contributed by atoms with Crippen LogP contribution in [0.25, 0.3) is 0 Å². The quantitative estimate of drug-likeness (QED) is 0.575. The van der Waals surface area contributed by atoms with E-state index in [0.717, 1.165) is 13.2 Å². The van der Waals surface area contributed by atoms with Gasteiger partial charge in [-0.3, -0.25) is 0 Å². The van der Waals surface area contributed by atoms with Gasteiger partial charge in [-0.1, -0.05) is 0 Å². The van der Waals surface area contributed by atoms with Gasteiger partial charge < -0.3 is 4.74 Å².